The molecule has 2 aliphatic heterocycles. The van der Waals surface area contributed by atoms with E-state index in [0.29, 0.717) is 0 Å². The first-order valence-electron chi connectivity index (χ1n) is 15.0. The fourth-order valence-electron chi connectivity index (χ4n) is 8.07. The number of hydrogen-bond acceptors (Lipinski definition) is 3. The highest BCUT2D eigenvalue weighted by Crippen LogP contribution is 2.63. The van der Waals surface area contributed by atoms with Crippen LogP contribution in [0.5, 0.6) is 0 Å². The lowest BCUT2D eigenvalue weighted by Gasteiger charge is -2.41. The van der Waals surface area contributed by atoms with Gasteiger partial charge in [0.2, 0.25) is 5.96 Å². The van der Waals surface area contributed by atoms with Gasteiger partial charge in [0, 0.05) is 31.7 Å². The zero-order valence-electron chi connectivity index (χ0n) is 23.1. The predicted octanol–water partition coefficient (Wildman–Crippen LogP) is 7.97. The minimum Gasteiger partial charge on any atom is -0.342 e. The number of para-hydroxylation sites is 1. The summed E-state index contributed by atoms with van der Waals surface area (Å²) >= 11 is 0. The highest BCUT2D eigenvalue weighted by Gasteiger charge is 2.51. The molecule has 0 amide bonds. The molecule has 0 radical (unpaired) electrons. The smallest absolute Gasteiger partial charge is 0.201 e. The fourth-order valence-corrected chi connectivity index (χ4v) is 8.07. The van der Waals surface area contributed by atoms with Gasteiger partial charge in [-0.05, 0) is 75.0 Å². The first-order chi connectivity index (χ1) is 20.4. The van der Waals surface area contributed by atoms with Crippen molar-refractivity contribution in [3.63, 3.8) is 0 Å². The van der Waals surface area contributed by atoms with Crippen molar-refractivity contribution in [2.75, 3.05) is 31.1 Å². The van der Waals surface area contributed by atoms with Crippen molar-refractivity contribution in [1.82, 2.24) is 4.90 Å². The molecule has 1 saturated heterocycles. The third-order valence-electron chi connectivity index (χ3n) is 9.68. The summed E-state index contributed by atoms with van der Waals surface area (Å²) in [7, 11) is 0. The van der Waals surface area contributed by atoms with E-state index in [-0.39, 0.29) is 5.41 Å². The van der Waals surface area contributed by atoms with Crippen molar-refractivity contribution >= 4 is 11.6 Å². The third kappa shape index (κ3) is 3.06. The summed E-state index contributed by atoms with van der Waals surface area (Å²) in [6, 6.07) is 43.3. The SMILES string of the molecule is c1ccc(N2CCCN3CCCN=C32)c(-c2ccc3c(c2)C2(c4ccccc4-c4ccccc42)c2ccccc2-3)c1. The van der Waals surface area contributed by atoms with Gasteiger partial charge in [0.1, 0.15) is 0 Å². The standard InChI is InChI=1S/C38H31N3/c1-5-15-32-28(12-1)29-13-2-6-16-33(29)38(32)34-17-7-3-14-30(34)31-20-19-26(25-35(31)38)27-11-4-8-18-36(27)41-24-10-23-40-22-9-21-39-37(40)41/h1-8,11-20,25H,9-10,21-24H2. The molecule has 0 atom stereocenters. The Labute approximate surface area is 241 Å². The molecule has 5 aromatic rings. The molecular formula is C38H31N3. The van der Waals surface area contributed by atoms with E-state index in [1.807, 2.05) is 0 Å². The van der Waals surface area contributed by atoms with Crippen LogP contribution in [-0.4, -0.2) is 37.0 Å². The minimum atomic E-state index is -0.320. The van der Waals surface area contributed by atoms with Gasteiger partial charge in [-0.2, -0.15) is 0 Å². The molecule has 9 rings (SSSR count). The number of rotatable bonds is 2. The molecular weight excluding hydrogens is 498 g/mol. The largest absolute Gasteiger partial charge is 0.342 e. The number of aliphatic imine (C=N–C) groups is 1. The summed E-state index contributed by atoms with van der Waals surface area (Å²) in [5.74, 6) is 1.15. The highest BCUT2D eigenvalue weighted by atomic mass is 15.4. The maximum atomic E-state index is 5.01. The van der Waals surface area contributed by atoms with Crippen molar-refractivity contribution < 1.29 is 0 Å². The second-order valence-corrected chi connectivity index (χ2v) is 11.7. The third-order valence-corrected chi connectivity index (χ3v) is 9.68. The van der Waals surface area contributed by atoms with Crippen molar-refractivity contribution in [3.05, 3.63) is 138 Å². The van der Waals surface area contributed by atoms with E-state index in [1.54, 1.807) is 0 Å². The maximum absolute atomic E-state index is 5.01. The normalized spacial score (nSPS) is 17.4. The van der Waals surface area contributed by atoms with Gasteiger partial charge in [-0.3, -0.25) is 4.99 Å². The quantitative estimate of drug-likeness (QED) is 0.226. The van der Waals surface area contributed by atoms with Gasteiger partial charge in [0.05, 0.1) is 11.1 Å². The van der Waals surface area contributed by atoms with Crippen LogP contribution in [0.1, 0.15) is 35.1 Å². The zero-order chi connectivity index (χ0) is 27.0. The molecule has 4 aliphatic rings. The number of fused-ring (bicyclic) bond motifs is 11. The van der Waals surface area contributed by atoms with E-state index in [1.165, 1.54) is 61.3 Å². The number of nitrogens with zero attached hydrogens (tertiary/aromatic N) is 3. The first kappa shape index (κ1) is 23.1. The topological polar surface area (TPSA) is 18.8 Å². The van der Waals surface area contributed by atoms with E-state index in [9.17, 15) is 0 Å². The van der Waals surface area contributed by atoms with E-state index in [0.717, 1.165) is 45.0 Å². The van der Waals surface area contributed by atoms with Gasteiger partial charge in [-0.15, -0.1) is 0 Å². The van der Waals surface area contributed by atoms with Gasteiger partial charge in [-0.1, -0.05) is 103 Å². The summed E-state index contributed by atoms with van der Waals surface area (Å²) in [5, 5.41) is 0. The molecule has 2 heterocycles. The van der Waals surface area contributed by atoms with Crippen LogP contribution in [0.15, 0.2) is 120 Å². The second kappa shape index (κ2) is 8.68. The monoisotopic (exact) mass is 529 g/mol. The summed E-state index contributed by atoms with van der Waals surface area (Å²) in [4.78, 5) is 9.95. The molecule has 0 N–H and O–H groups in total. The van der Waals surface area contributed by atoms with Gasteiger partial charge in [0.25, 0.3) is 0 Å². The zero-order valence-corrected chi connectivity index (χ0v) is 23.1. The Balaban J connectivity index is 1.29. The molecule has 0 unspecified atom stereocenters. The van der Waals surface area contributed by atoms with Gasteiger partial charge < -0.3 is 9.80 Å². The van der Waals surface area contributed by atoms with Crippen LogP contribution in [0.25, 0.3) is 33.4 Å². The van der Waals surface area contributed by atoms with E-state index in [2.05, 4.69) is 125 Å². The van der Waals surface area contributed by atoms with E-state index < -0.39 is 0 Å². The maximum Gasteiger partial charge on any atom is 0.201 e. The fraction of sp³-hybridized carbons (Fsp3) is 0.184. The van der Waals surface area contributed by atoms with Crippen molar-refractivity contribution in [1.29, 1.82) is 0 Å². The second-order valence-electron chi connectivity index (χ2n) is 11.7. The average Bonchev–Trinajstić information content (AvgIpc) is 3.52. The van der Waals surface area contributed by atoms with Crippen LogP contribution in [0, 0.1) is 0 Å². The Morgan fingerprint density at radius 3 is 1.76 bits per heavy atom. The molecule has 2 aliphatic carbocycles. The Morgan fingerprint density at radius 2 is 1.07 bits per heavy atom. The molecule has 198 valence electrons. The molecule has 1 spiro atoms. The molecule has 1 fully saturated rings. The summed E-state index contributed by atoms with van der Waals surface area (Å²) in [5.41, 5.74) is 14.4. The minimum absolute atomic E-state index is 0.320. The Morgan fingerprint density at radius 1 is 0.512 bits per heavy atom. The molecule has 3 heteroatoms. The Kier molecular flexibility index (Phi) is 4.89. The van der Waals surface area contributed by atoms with Crippen molar-refractivity contribution in [3.8, 4) is 33.4 Å². The van der Waals surface area contributed by atoms with Crippen LogP contribution in [0.4, 0.5) is 5.69 Å². The van der Waals surface area contributed by atoms with Crippen LogP contribution in [-0.2, 0) is 5.41 Å². The molecule has 41 heavy (non-hydrogen) atoms. The van der Waals surface area contributed by atoms with Crippen LogP contribution in [0.3, 0.4) is 0 Å². The molecule has 5 aromatic carbocycles. The molecule has 0 bridgehead atoms. The van der Waals surface area contributed by atoms with Crippen LogP contribution in [0.2, 0.25) is 0 Å². The van der Waals surface area contributed by atoms with E-state index in [4.69, 9.17) is 4.99 Å². The van der Waals surface area contributed by atoms with Gasteiger partial charge in [0.15, 0.2) is 0 Å². The lowest BCUT2D eigenvalue weighted by atomic mass is 9.70. The van der Waals surface area contributed by atoms with Gasteiger partial charge >= 0.3 is 0 Å². The molecule has 0 saturated carbocycles. The average molecular weight is 530 g/mol. The summed E-state index contributed by atoms with van der Waals surface area (Å²) < 4.78 is 0. The summed E-state index contributed by atoms with van der Waals surface area (Å²) in [6.45, 7) is 4.14. The van der Waals surface area contributed by atoms with E-state index >= 15 is 0 Å². The molecule has 3 nitrogen and oxygen atoms in total. The van der Waals surface area contributed by atoms with Crippen LogP contribution < -0.4 is 4.90 Å². The number of anilines is 1. The number of guanidine groups is 1. The lowest BCUT2D eigenvalue weighted by Crippen LogP contribution is -2.52. The lowest BCUT2D eigenvalue weighted by molar-refractivity contribution is 0.360. The predicted molar refractivity (Wildman–Crippen MR) is 169 cm³/mol. The Bertz CT molecular complexity index is 1820. The van der Waals surface area contributed by atoms with Crippen molar-refractivity contribution in [2.45, 2.75) is 18.3 Å². The van der Waals surface area contributed by atoms with Crippen molar-refractivity contribution in [2.24, 2.45) is 4.99 Å². The highest BCUT2D eigenvalue weighted by molar-refractivity contribution is 6.02. The number of hydrogen-bond donors (Lipinski definition) is 0. The Hall–Kier alpha value is -4.63. The molecule has 0 aromatic heterocycles. The van der Waals surface area contributed by atoms with Crippen LogP contribution >= 0.6 is 0 Å². The summed E-state index contributed by atoms with van der Waals surface area (Å²) in [6.07, 6.45) is 2.30. The first-order valence-corrected chi connectivity index (χ1v) is 15.0. The van der Waals surface area contributed by atoms with Gasteiger partial charge in [-0.25, -0.2) is 0 Å². The number of benzene rings is 5.